The average molecular weight is 527 g/mol. The molecule has 1 aliphatic heterocycles. The maximum absolute atomic E-state index is 13.1. The number of benzene rings is 1. The van der Waals surface area contributed by atoms with Crippen LogP contribution in [0.25, 0.3) is 0 Å². The lowest BCUT2D eigenvalue weighted by atomic mass is 9.83. The fourth-order valence-electron chi connectivity index (χ4n) is 4.96. The van der Waals surface area contributed by atoms with Gasteiger partial charge in [0.25, 0.3) is 0 Å². The van der Waals surface area contributed by atoms with E-state index in [1.807, 2.05) is 0 Å². The summed E-state index contributed by atoms with van der Waals surface area (Å²) < 4.78 is 43.2. The minimum absolute atomic E-state index is 0.0321. The van der Waals surface area contributed by atoms with E-state index in [0.717, 1.165) is 28.9 Å². The third kappa shape index (κ3) is 7.83. The Morgan fingerprint density at radius 1 is 1.05 bits per heavy atom. The largest absolute Gasteiger partial charge is 0.471 e. The number of halogens is 3. The van der Waals surface area contributed by atoms with Crippen LogP contribution in [0.5, 0.6) is 0 Å². The van der Waals surface area contributed by atoms with E-state index in [2.05, 4.69) is 10.7 Å². The maximum Gasteiger partial charge on any atom is 0.471 e. The molecule has 12 heteroatoms. The summed E-state index contributed by atoms with van der Waals surface area (Å²) in [5.41, 5.74) is 4.63. The van der Waals surface area contributed by atoms with Crippen LogP contribution in [0.1, 0.15) is 56.6 Å². The van der Waals surface area contributed by atoms with E-state index in [1.54, 1.807) is 18.2 Å². The summed E-state index contributed by atoms with van der Waals surface area (Å²) in [6, 6.07) is 4.36. The maximum atomic E-state index is 13.1. The number of nitrogens with one attached hydrogen (secondary N) is 2. The zero-order valence-electron chi connectivity index (χ0n) is 21.0. The van der Waals surface area contributed by atoms with Crippen molar-refractivity contribution in [3.8, 4) is 0 Å². The van der Waals surface area contributed by atoms with E-state index in [0.29, 0.717) is 37.3 Å². The lowest BCUT2D eigenvalue weighted by molar-refractivity contribution is -0.185. The Bertz CT molecular complexity index is 1010. The molecule has 0 aromatic heterocycles. The van der Waals surface area contributed by atoms with Gasteiger partial charge in [0.15, 0.2) is 0 Å². The number of methoxy groups -OCH3 is 1. The normalized spacial score (nSPS) is 19.8. The number of esters is 1. The van der Waals surface area contributed by atoms with Crippen molar-refractivity contribution in [1.29, 1.82) is 0 Å². The fourth-order valence-corrected chi connectivity index (χ4v) is 4.96. The standard InChI is InChI=1S/C25H33F3N4O5/c1-16(33)30-32(21-8-3-17(4-9-21)5-10-22(34)37-2)24(36)29-20-7-6-18-11-13-31(14-12-19(18)15-20)23(35)25(26,27)28/h6-7,15,17,21H,3-5,8-14H2,1-2H3,(H,29,36)(H,30,33)/t17-,21-. The van der Waals surface area contributed by atoms with Gasteiger partial charge in [-0.3, -0.25) is 19.8 Å². The average Bonchev–Trinajstić information content (AvgIpc) is 3.07. The van der Waals surface area contributed by atoms with Gasteiger partial charge in [0, 0.05) is 32.1 Å². The molecule has 2 aliphatic rings. The Morgan fingerprint density at radius 2 is 1.70 bits per heavy atom. The van der Waals surface area contributed by atoms with Crippen LogP contribution in [0.2, 0.25) is 0 Å². The van der Waals surface area contributed by atoms with Crippen LogP contribution < -0.4 is 10.7 Å². The highest BCUT2D eigenvalue weighted by molar-refractivity contribution is 5.91. The number of urea groups is 1. The Labute approximate surface area is 213 Å². The molecule has 0 spiro atoms. The summed E-state index contributed by atoms with van der Waals surface area (Å²) in [7, 11) is 1.36. The first-order valence-corrected chi connectivity index (χ1v) is 12.4. The minimum atomic E-state index is -4.91. The van der Waals surface area contributed by atoms with E-state index in [-0.39, 0.29) is 43.8 Å². The SMILES string of the molecule is COC(=O)CC[C@H]1CC[C@H](N(NC(C)=O)C(=O)Nc2ccc3c(c2)CCN(C(=O)C(F)(F)F)CC3)CC1. The summed E-state index contributed by atoms with van der Waals surface area (Å²) in [6.07, 6.45) is -0.416. The first kappa shape index (κ1) is 28.3. The number of hydrazine groups is 1. The Hall–Kier alpha value is -3.31. The lowest BCUT2D eigenvalue weighted by Gasteiger charge is -2.36. The molecule has 1 aromatic carbocycles. The molecule has 3 rings (SSSR count). The number of nitrogens with zero attached hydrogens (tertiary/aromatic N) is 2. The molecular weight excluding hydrogens is 493 g/mol. The molecule has 0 unspecified atom stereocenters. The van der Waals surface area contributed by atoms with Crippen molar-refractivity contribution < 1.29 is 37.1 Å². The summed E-state index contributed by atoms with van der Waals surface area (Å²) in [6.45, 7) is 1.22. The number of hydrogen-bond donors (Lipinski definition) is 2. The van der Waals surface area contributed by atoms with Crippen molar-refractivity contribution in [2.75, 3.05) is 25.5 Å². The molecule has 0 saturated heterocycles. The second kappa shape index (κ2) is 12.3. The number of hydrogen-bond acceptors (Lipinski definition) is 5. The van der Waals surface area contributed by atoms with Gasteiger partial charge in [0.2, 0.25) is 5.91 Å². The van der Waals surface area contributed by atoms with E-state index in [1.165, 1.54) is 19.0 Å². The molecule has 1 heterocycles. The van der Waals surface area contributed by atoms with Gasteiger partial charge >= 0.3 is 24.1 Å². The number of rotatable bonds is 5. The number of anilines is 1. The van der Waals surface area contributed by atoms with E-state index < -0.39 is 18.1 Å². The van der Waals surface area contributed by atoms with Crippen molar-refractivity contribution in [3.05, 3.63) is 29.3 Å². The van der Waals surface area contributed by atoms with E-state index >= 15 is 0 Å². The third-order valence-electron chi connectivity index (χ3n) is 6.95. The molecule has 1 aromatic rings. The summed E-state index contributed by atoms with van der Waals surface area (Å²) >= 11 is 0. The molecule has 2 N–H and O–H groups in total. The zero-order chi connectivity index (χ0) is 27.2. The van der Waals surface area contributed by atoms with Crippen LogP contribution in [-0.2, 0) is 32.0 Å². The van der Waals surface area contributed by atoms with Gasteiger partial charge in [0.1, 0.15) is 0 Å². The van der Waals surface area contributed by atoms with Crippen LogP contribution in [0.4, 0.5) is 23.7 Å². The Kier molecular flexibility index (Phi) is 9.39. The molecule has 0 radical (unpaired) electrons. The number of ether oxygens (including phenoxy) is 1. The van der Waals surface area contributed by atoms with Crippen LogP contribution in [0.3, 0.4) is 0 Å². The van der Waals surface area contributed by atoms with Crippen molar-refractivity contribution in [2.24, 2.45) is 5.92 Å². The molecular formula is C25H33F3N4O5. The van der Waals surface area contributed by atoms with Crippen molar-refractivity contribution >= 4 is 29.5 Å². The highest BCUT2D eigenvalue weighted by Gasteiger charge is 2.42. The minimum Gasteiger partial charge on any atom is -0.469 e. The number of carbonyl (C=O) groups is 4. The first-order chi connectivity index (χ1) is 17.5. The fraction of sp³-hybridized carbons (Fsp3) is 0.600. The van der Waals surface area contributed by atoms with Crippen molar-refractivity contribution in [1.82, 2.24) is 15.3 Å². The zero-order valence-corrected chi connectivity index (χ0v) is 21.0. The number of carbonyl (C=O) groups excluding carboxylic acids is 4. The number of fused-ring (bicyclic) bond motifs is 1. The molecule has 4 amide bonds. The predicted octanol–water partition coefficient (Wildman–Crippen LogP) is 3.57. The van der Waals surface area contributed by atoms with Gasteiger partial charge in [-0.2, -0.15) is 13.2 Å². The first-order valence-electron chi connectivity index (χ1n) is 12.4. The predicted molar refractivity (Wildman–Crippen MR) is 128 cm³/mol. The molecule has 1 fully saturated rings. The van der Waals surface area contributed by atoms with Gasteiger partial charge in [-0.15, -0.1) is 0 Å². The topological polar surface area (TPSA) is 108 Å². The van der Waals surface area contributed by atoms with Crippen molar-refractivity contribution in [3.63, 3.8) is 0 Å². The van der Waals surface area contributed by atoms with Crippen molar-refractivity contribution in [2.45, 2.75) is 70.5 Å². The number of amides is 4. The van der Waals surface area contributed by atoms with Crippen LogP contribution >= 0.6 is 0 Å². The molecule has 1 saturated carbocycles. The van der Waals surface area contributed by atoms with Gasteiger partial charge in [-0.05, 0) is 74.1 Å². The van der Waals surface area contributed by atoms with Gasteiger partial charge in [0.05, 0.1) is 13.2 Å². The second-order valence-corrected chi connectivity index (χ2v) is 9.53. The third-order valence-corrected chi connectivity index (χ3v) is 6.95. The molecule has 37 heavy (non-hydrogen) atoms. The summed E-state index contributed by atoms with van der Waals surface area (Å²) in [4.78, 5) is 48.8. The van der Waals surface area contributed by atoms with Gasteiger partial charge in [-0.25, -0.2) is 9.80 Å². The smallest absolute Gasteiger partial charge is 0.469 e. The van der Waals surface area contributed by atoms with Crippen LogP contribution in [0, 0.1) is 5.92 Å². The highest BCUT2D eigenvalue weighted by Crippen LogP contribution is 2.31. The van der Waals surface area contributed by atoms with Crippen LogP contribution in [-0.4, -0.2) is 66.1 Å². The highest BCUT2D eigenvalue weighted by atomic mass is 19.4. The molecule has 0 bridgehead atoms. The van der Waals surface area contributed by atoms with Crippen LogP contribution in [0.15, 0.2) is 18.2 Å². The van der Waals surface area contributed by atoms with E-state index in [4.69, 9.17) is 4.74 Å². The van der Waals surface area contributed by atoms with E-state index in [9.17, 15) is 32.3 Å². The Morgan fingerprint density at radius 3 is 2.30 bits per heavy atom. The molecule has 204 valence electrons. The Balaban J connectivity index is 1.62. The molecule has 0 atom stereocenters. The monoisotopic (exact) mass is 526 g/mol. The number of alkyl halides is 3. The summed E-state index contributed by atoms with van der Waals surface area (Å²) in [5.74, 6) is -2.15. The lowest BCUT2D eigenvalue weighted by Crippen LogP contribution is -2.54. The molecule has 1 aliphatic carbocycles. The summed E-state index contributed by atoms with van der Waals surface area (Å²) in [5, 5.41) is 4.08. The van der Waals surface area contributed by atoms with Gasteiger partial charge in [-0.1, -0.05) is 6.07 Å². The second-order valence-electron chi connectivity index (χ2n) is 9.53. The van der Waals surface area contributed by atoms with Gasteiger partial charge < -0.3 is 15.0 Å². The molecule has 9 nitrogen and oxygen atoms in total. The quantitative estimate of drug-likeness (QED) is 0.451.